The van der Waals surface area contributed by atoms with Crippen LogP contribution in [0.25, 0.3) is 6.08 Å². The van der Waals surface area contributed by atoms with Gasteiger partial charge < -0.3 is 9.47 Å². The fourth-order valence-electron chi connectivity index (χ4n) is 3.17. The zero-order valence-electron chi connectivity index (χ0n) is 18.0. The minimum absolute atomic E-state index is 0.102. The highest BCUT2D eigenvalue weighted by Crippen LogP contribution is 2.36. The van der Waals surface area contributed by atoms with Gasteiger partial charge in [0.25, 0.3) is 5.91 Å². The largest absolute Gasteiger partial charge is 0.493 e. The van der Waals surface area contributed by atoms with E-state index in [9.17, 15) is 4.79 Å². The van der Waals surface area contributed by atoms with Crippen LogP contribution in [0.1, 0.15) is 17.5 Å². The minimum atomic E-state index is -0.102. The van der Waals surface area contributed by atoms with Crippen LogP contribution in [0.4, 0.5) is 5.69 Å². The number of aryl methyl sites for hydroxylation is 1. The van der Waals surface area contributed by atoms with Crippen molar-refractivity contribution >= 4 is 57.6 Å². The van der Waals surface area contributed by atoms with Crippen LogP contribution in [0.15, 0.2) is 77.7 Å². The summed E-state index contributed by atoms with van der Waals surface area (Å²) in [6.45, 7) is 3.11. The number of thioether (sulfide) groups is 1. The Morgan fingerprint density at radius 1 is 0.909 bits per heavy atom. The highest BCUT2D eigenvalue weighted by Gasteiger charge is 2.33. The maximum absolute atomic E-state index is 12.9. The first-order valence-corrected chi connectivity index (χ1v) is 12.1. The van der Waals surface area contributed by atoms with Gasteiger partial charge in [-0.3, -0.25) is 9.69 Å². The van der Waals surface area contributed by atoms with Gasteiger partial charge in [0.15, 0.2) is 4.32 Å². The van der Waals surface area contributed by atoms with E-state index in [-0.39, 0.29) is 5.91 Å². The second-order valence-electron chi connectivity index (χ2n) is 7.43. The van der Waals surface area contributed by atoms with Crippen LogP contribution < -0.4 is 14.4 Å². The van der Waals surface area contributed by atoms with Crippen molar-refractivity contribution in [3.63, 3.8) is 0 Å². The molecule has 1 fully saturated rings. The molecule has 1 saturated heterocycles. The molecule has 0 saturated carbocycles. The van der Waals surface area contributed by atoms with Gasteiger partial charge in [0.2, 0.25) is 0 Å². The van der Waals surface area contributed by atoms with E-state index >= 15 is 0 Å². The Bertz CT molecular complexity index is 1160. The Hall–Kier alpha value is -2.80. The normalized spacial score (nSPS) is 14.7. The van der Waals surface area contributed by atoms with Crippen LogP contribution >= 0.6 is 35.6 Å². The second kappa shape index (κ2) is 10.9. The van der Waals surface area contributed by atoms with Crippen molar-refractivity contribution in [3.05, 3.63) is 93.9 Å². The first kappa shape index (κ1) is 23.4. The predicted octanol–water partition coefficient (Wildman–Crippen LogP) is 6.90. The highest BCUT2D eigenvalue weighted by atomic mass is 35.5. The van der Waals surface area contributed by atoms with Gasteiger partial charge in [-0.05, 0) is 67.1 Å². The highest BCUT2D eigenvalue weighted by molar-refractivity contribution is 8.27. The maximum atomic E-state index is 12.9. The summed E-state index contributed by atoms with van der Waals surface area (Å²) in [5, 5.41) is 0.687. The Labute approximate surface area is 208 Å². The molecule has 0 bridgehead atoms. The second-order valence-corrected chi connectivity index (χ2v) is 9.54. The first-order valence-electron chi connectivity index (χ1n) is 10.5. The number of carbonyl (C=O) groups is 1. The number of anilines is 1. The molecule has 0 atom stereocenters. The summed E-state index contributed by atoms with van der Waals surface area (Å²) in [6.07, 6.45) is 2.61. The number of hydrogen-bond donors (Lipinski definition) is 0. The summed E-state index contributed by atoms with van der Waals surface area (Å²) in [7, 11) is 0. The summed E-state index contributed by atoms with van der Waals surface area (Å²) in [4.78, 5) is 15.1. The van der Waals surface area contributed by atoms with Gasteiger partial charge in [-0.15, -0.1) is 0 Å². The third-order valence-electron chi connectivity index (χ3n) is 4.90. The summed E-state index contributed by atoms with van der Waals surface area (Å²) in [5.41, 5.74) is 2.84. The number of halogens is 1. The quantitative estimate of drug-likeness (QED) is 0.193. The molecule has 1 amide bonds. The summed E-state index contributed by atoms with van der Waals surface area (Å²) in [6, 6.07) is 22.7. The van der Waals surface area contributed by atoms with Crippen molar-refractivity contribution in [2.45, 2.75) is 13.3 Å². The van der Waals surface area contributed by atoms with E-state index < -0.39 is 0 Å². The lowest BCUT2D eigenvalue weighted by Crippen LogP contribution is -2.27. The molecule has 0 spiro atoms. The Morgan fingerprint density at radius 3 is 2.09 bits per heavy atom. The summed E-state index contributed by atoms with van der Waals surface area (Å²) in [5.74, 6) is 1.46. The van der Waals surface area contributed by atoms with Crippen LogP contribution in [0.5, 0.6) is 11.5 Å². The molecule has 0 aromatic heterocycles. The van der Waals surface area contributed by atoms with Crippen molar-refractivity contribution in [1.29, 1.82) is 0 Å². The van der Waals surface area contributed by atoms with Crippen LogP contribution in [-0.2, 0) is 4.79 Å². The number of amides is 1. The van der Waals surface area contributed by atoms with Gasteiger partial charge in [0.1, 0.15) is 11.5 Å². The lowest BCUT2D eigenvalue weighted by molar-refractivity contribution is -0.113. The first-order chi connectivity index (χ1) is 16.0. The molecule has 1 aliphatic rings. The number of thiocarbonyl (C=S) groups is 1. The molecule has 0 aliphatic carbocycles. The molecule has 33 heavy (non-hydrogen) atoms. The zero-order valence-corrected chi connectivity index (χ0v) is 20.4. The van der Waals surface area contributed by atoms with Crippen molar-refractivity contribution in [3.8, 4) is 11.5 Å². The molecule has 3 aromatic carbocycles. The van der Waals surface area contributed by atoms with E-state index in [0.717, 1.165) is 34.7 Å². The van der Waals surface area contributed by atoms with E-state index in [1.165, 1.54) is 11.8 Å². The lowest BCUT2D eigenvalue weighted by atomic mass is 10.2. The number of carbonyl (C=O) groups excluding carboxylic acids is 1. The Kier molecular flexibility index (Phi) is 7.70. The standard InChI is InChI=1S/C26H22ClNO3S2/c1-18-3-9-21(10-4-18)28-25(29)24(33-26(28)32)17-19-5-11-22(12-6-19)30-15-2-16-31-23-13-7-20(27)8-14-23/h3-14,17H,2,15-16H2,1H3/b24-17-. The average molecular weight is 496 g/mol. The minimum Gasteiger partial charge on any atom is -0.493 e. The molecule has 4 nitrogen and oxygen atoms in total. The number of rotatable bonds is 8. The van der Waals surface area contributed by atoms with Gasteiger partial charge in [-0.2, -0.15) is 0 Å². The van der Waals surface area contributed by atoms with Crippen LogP contribution in [0.2, 0.25) is 5.02 Å². The van der Waals surface area contributed by atoms with E-state index in [1.807, 2.05) is 73.7 Å². The van der Waals surface area contributed by atoms with E-state index in [2.05, 4.69) is 0 Å². The SMILES string of the molecule is Cc1ccc(N2C(=O)/C(=C/c3ccc(OCCCOc4ccc(Cl)cc4)cc3)SC2=S)cc1. The monoisotopic (exact) mass is 495 g/mol. The Balaban J connectivity index is 1.29. The summed E-state index contributed by atoms with van der Waals surface area (Å²) >= 11 is 12.6. The molecule has 0 unspecified atom stereocenters. The van der Waals surface area contributed by atoms with E-state index in [0.29, 0.717) is 27.5 Å². The van der Waals surface area contributed by atoms with E-state index in [4.69, 9.17) is 33.3 Å². The number of nitrogens with zero attached hydrogens (tertiary/aromatic N) is 1. The fraction of sp³-hybridized carbons (Fsp3) is 0.154. The molecule has 0 radical (unpaired) electrons. The molecule has 3 aromatic rings. The van der Waals surface area contributed by atoms with Crippen LogP contribution in [0.3, 0.4) is 0 Å². The number of hydrogen-bond acceptors (Lipinski definition) is 5. The van der Waals surface area contributed by atoms with Crippen molar-refractivity contribution in [2.75, 3.05) is 18.1 Å². The summed E-state index contributed by atoms with van der Waals surface area (Å²) < 4.78 is 12.0. The third-order valence-corrected chi connectivity index (χ3v) is 6.46. The smallest absolute Gasteiger partial charge is 0.270 e. The van der Waals surface area contributed by atoms with Crippen LogP contribution in [-0.4, -0.2) is 23.4 Å². The van der Waals surface area contributed by atoms with Crippen molar-refractivity contribution < 1.29 is 14.3 Å². The van der Waals surface area contributed by atoms with Gasteiger partial charge >= 0.3 is 0 Å². The number of benzene rings is 3. The van der Waals surface area contributed by atoms with Gasteiger partial charge in [-0.25, -0.2) is 0 Å². The van der Waals surface area contributed by atoms with Crippen LogP contribution in [0, 0.1) is 6.92 Å². The maximum Gasteiger partial charge on any atom is 0.270 e. The molecular weight excluding hydrogens is 474 g/mol. The lowest BCUT2D eigenvalue weighted by Gasteiger charge is -2.14. The van der Waals surface area contributed by atoms with Gasteiger partial charge in [0.05, 0.1) is 23.8 Å². The molecular formula is C26H22ClNO3S2. The Morgan fingerprint density at radius 2 is 1.48 bits per heavy atom. The van der Waals surface area contributed by atoms with E-state index in [1.54, 1.807) is 17.0 Å². The predicted molar refractivity (Wildman–Crippen MR) is 140 cm³/mol. The van der Waals surface area contributed by atoms with Gasteiger partial charge in [0, 0.05) is 11.4 Å². The average Bonchev–Trinajstić information content (AvgIpc) is 3.09. The third kappa shape index (κ3) is 6.16. The molecule has 168 valence electrons. The molecule has 7 heteroatoms. The zero-order chi connectivity index (χ0) is 23.2. The van der Waals surface area contributed by atoms with Crippen molar-refractivity contribution in [1.82, 2.24) is 0 Å². The molecule has 0 N–H and O–H groups in total. The molecule has 1 aliphatic heterocycles. The fourth-order valence-corrected chi connectivity index (χ4v) is 4.59. The van der Waals surface area contributed by atoms with Gasteiger partial charge in [-0.1, -0.05) is 65.4 Å². The molecule has 1 heterocycles. The topological polar surface area (TPSA) is 38.8 Å². The number of ether oxygens (including phenoxy) is 2. The molecule has 4 rings (SSSR count). The van der Waals surface area contributed by atoms with Crippen molar-refractivity contribution in [2.24, 2.45) is 0 Å².